The van der Waals surface area contributed by atoms with Crippen LogP contribution in [0.1, 0.15) is 29.5 Å². The van der Waals surface area contributed by atoms with Crippen molar-refractivity contribution in [2.45, 2.75) is 18.4 Å². The van der Waals surface area contributed by atoms with E-state index < -0.39 is 0 Å². The molecule has 2 aromatic carbocycles. The van der Waals surface area contributed by atoms with Gasteiger partial charge in [0.15, 0.2) is 0 Å². The molecule has 0 fully saturated rings. The molecule has 0 bridgehead atoms. The predicted molar refractivity (Wildman–Crippen MR) is 88.4 cm³/mol. The Hall–Kier alpha value is -2.39. The quantitative estimate of drug-likeness (QED) is 0.771. The van der Waals surface area contributed by atoms with Crippen LogP contribution >= 0.6 is 0 Å². The molecule has 2 N–H and O–H groups in total. The number of benzene rings is 2. The lowest BCUT2D eigenvalue weighted by Crippen LogP contribution is -2.31. The number of carbonyl (C=O) groups excluding carboxylic acids is 1. The van der Waals surface area contributed by atoms with Gasteiger partial charge >= 0.3 is 0 Å². The molecule has 3 nitrogen and oxygen atoms in total. The minimum atomic E-state index is -0.380. The Kier molecular flexibility index (Phi) is 5.92. The second-order valence-electron chi connectivity index (χ2n) is 5.17. The summed E-state index contributed by atoms with van der Waals surface area (Å²) in [5.41, 5.74) is 1.96. The maximum Gasteiger partial charge on any atom is 0.221 e. The fourth-order valence-corrected chi connectivity index (χ4v) is 2.41. The highest BCUT2D eigenvalue weighted by molar-refractivity contribution is 5.77. The van der Waals surface area contributed by atoms with Gasteiger partial charge in [-0.2, -0.15) is 0 Å². The monoisotopic (exact) mass is 295 g/mol. The van der Waals surface area contributed by atoms with E-state index in [9.17, 15) is 9.90 Å². The van der Waals surface area contributed by atoms with Crippen LogP contribution in [0.2, 0.25) is 0 Å². The second kappa shape index (κ2) is 8.15. The number of nitrogens with one attached hydrogen (secondary N) is 1. The number of amides is 1. The van der Waals surface area contributed by atoms with Crippen molar-refractivity contribution in [3.8, 4) is 0 Å². The molecule has 1 unspecified atom stereocenters. The first kappa shape index (κ1) is 16.0. The number of aliphatic hydroxyl groups is 1. The largest absolute Gasteiger partial charge is 0.394 e. The van der Waals surface area contributed by atoms with Gasteiger partial charge in [0.2, 0.25) is 5.91 Å². The van der Waals surface area contributed by atoms with Crippen LogP contribution in [0.25, 0.3) is 0 Å². The van der Waals surface area contributed by atoms with E-state index in [0.717, 1.165) is 11.1 Å². The highest BCUT2D eigenvalue weighted by atomic mass is 16.3. The van der Waals surface area contributed by atoms with Crippen molar-refractivity contribution in [1.29, 1.82) is 0 Å². The zero-order chi connectivity index (χ0) is 15.8. The van der Waals surface area contributed by atoms with Gasteiger partial charge in [-0.25, -0.2) is 0 Å². The molecular weight excluding hydrogens is 274 g/mol. The van der Waals surface area contributed by atoms with Gasteiger partial charge in [0.1, 0.15) is 0 Å². The molecule has 2 rings (SSSR count). The first-order valence-corrected chi connectivity index (χ1v) is 7.37. The van der Waals surface area contributed by atoms with Crippen LogP contribution in [0, 0.1) is 0 Å². The summed E-state index contributed by atoms with van der Waals surface area (Å²) in [4.78, 5) is 12.3. The van der Waals surface area contributed by atoms with Crippen LogP contribution in [0.5, 0.6) is 0 Å². The molecule has 0 aliphatic carbocycles. The van der Waals surface area contributed by atoms with Gasteiger partial charge in [-0.3, -0.25) is 4.79 Å². The molecule has 2 atom stereocenters. The van der Waals surface area contributed by atoms with Gasteiger partial charge in [-0.1, -0.05) is 66.7 Å². The number of allylic oxidation sites excluding steroid dienone is 1. The Balaban J connectivity index is 2.00. The van der Waals surface area contributed by atoms with Crippen LogP contribution in [0.3, 0.4) is 0 Å². The summed E-state index contributed by atoms with van der Waals surface area (Å²) in [6.45, 7) is 3.69. The van der Waals surface area contributed by atoms with E-state index in [-0.39, 0.29) is 24.5 Å². The average Bonchev–Trinajstić information content (AvgIpc) is 2.59. The van der Waals surface area contributed by atoms with Crippen molar-refractivity contribution in [2.24, 2.45) is 0 Å². The Morgan fingerprint density at radius 2 is 1.59 bits per heavy atom. The smallest absolute Gasteiger partial charge is 0.221 e. The third kappa shape index (κ3) is 4.30. The molecule has 3 heteroatoms. The number of hydrogen-bond acceptors (Lipinski definition) is 2. The molecule has 0 aliphatic rings. The van der Waals surface area contributed by atoms with Crippen molar-refractivity contribution in [1.82, 2.24) is 5.32 Å². The maximum atomic E-state index is 12.3. The van der Waals surface area contributed by atoms with Crippen LogP contribution in [-0.4, -0.2) is 17.6 Å². The molecule has 1 amide bonds. The van der Waals surface area contributed by atoms with E-state index >= 15 is 0 Å². The van der Waals surface area contributed by atoms with Gasteiger partial charge < -0.3 is 10.4 Å². The first-order chi connectivity index (χ1) is 10.7. The fourth-order valence-electron chi connectivity index (χ4n) is 2.41. The van der Waals surface area contributed by atoms with Gasteiger partial charge in [-0.15, -0.1) is 6.58 Å². The molecule has 0 spiro atoms. The van der Waals surface area contributed by atoms with Crippen molar-refractivity contribution in [3.63, 3.8) is 0 Å². The summed E-state index contributed by atoms with van der Waals surface area (Å²) in [7, 11) is 0. The van der Waals surface area contributed by atoms with Gasteiger partial charge in [0.25, 0.3) is 0 Å². The summed E-state index contributed by atoms with van der Waals surface area (Å²) in [6, 6.07) is 18.9. The Morgan fingerprint density at radius 1 is 1.05 bits per heavy atom. The molecule has 0 heterocycles. The third-order valence-corrected chi connectivity index (χ3v) is 3.64. The van der Waals surface area contributed by atoms with E-state index in [4.69, 9.17) is 0 Å². The molecule has 0 radical (unpaired) electrons. The van der Waals surface area contributed by atoms with Crippen LogP contribution in [-0.2, 0) is 4.79 Å². The zero-order valence-electron chi connectivity index (χ0n) is 12.5. The summed E-state index contributed by atoms with van der Waals surface area (Å²) in [6.07, 6.45) is 2.10. The fraction of sp³-hybridized carbons (Fsp3) is 0.211. The van der Waals surface area contributed by atoms with Crippen LogP contribution < -0.4 is 5.32 Å². The number of hydrogen-bond donors (Lipinski definition) is 2. The van der Waals surface area contributed by atoms with Crippen LogP contribution in [0.4, 0.5) is 0 Å². The molecule has 2 aromatic rings. The molecule has 114 valence electrons. The molecule has 0 saturated heterocycles. The second-order valence-corrected chi connectivity index (χ2v) is 5.17. The lowest BCUT2D eigenvalue weighted by atomic mass is 9.95. The number of rotatable bonds is 7. The van der Waals surface area contributed by atoms with E-state index in [2.05, 4.69) is 11.9 Å². The summed E-state index contributed by atoms with van der Waals surface area (Å²) < 4.78 is 0. The zero-order valence-corrected chi connectivity index (χ0v) is 12.5. The summed E-state index contributed by atoms with van der Waals surface area (Å²) >= 11 is 0. The van der Waals surface area contributed by atoms with Crippen molar-refractivity contribution >= 4 is 5.91 Å². The summed E-state index contributed by atoms with van der Waals surface area (Å²) in [5, 5.41) is 12.4. The van der Waals surface area contributed by atoms with E-state index in [0.29, 0.717) is 6.42 Å². The topological polar surface area (TPSA) is 49.3 Å². The highest BCUT2D eigenvalue weighted by Crippen LogP contribution is 2.21. The Bertz CT molecular complexity index is 595. The molecular formula is C19H21NO2. The predicted octanol–water partition coefficient (Wildman–Crippen LogP) is 3.20. The number of aliphatic hydroxyl groups excluding tert-OH is 1. The SMILES string of the molecule is C=CC(CC(=O)N[C@H](CO)c1ccccc1)c1ccccc1. The van der Waals surface area contributed by atoms with Crippen molar-refractivity contribution in [3.05, 3.63) is 84.4 Å². The summed E-state index contributed by atoms with van der Waals surface area (Å²) in [5.74, 6) is -0.132. The maximum absolute atomic E-state index is 12.3. The van der Waals surface area contributed by atoms with E-state index in [1.807, 2.05) is 60.7 Å². The highest BCUT2D eigenvalue weighted by Gasteiger charge is 2.17. The first-order valence-electron chi connectivity index (χ1n) is 7.37. The van der Waals surface area contributed by atoms with E-state index in [1.165, 1.54) is 0 Å². The molecule has 0 aromatic heterocycles. The normalized spacial score (nSPS) is 13.1. The van der Waals surface area contributed by atoms with Crippen molar-refractivity contribution < 1.29 is 9.90 Å². The van der Waals surface area contributed by atoms with Gasteiger partial charge in [0, 0.05) is 12.3 Å². The lowest BCUT2D eigenvalue weighted by molar-refractivity contribution is -0.122. The van der Waals surface area contributed by atoms with E-state index in [1.54, 1.807) is 6.08 Å². The van der Waals surface area contributed by atoms with Crippen LogP contribution in [0.15, 0.2) is 73.3 Å². The standard InChI is InChI=1S/C19H21NO2/c1-2-15(16-9-5-3-6-10-16)13-19(22)20-18(14-21)17-11-7-4-8-12-17/h2-12,15,18,21H,1,13-14H2,(H,20,22)/t15?,18-/m1/s1. The van der Waals surface area contributed by atoms with Crippen molar-refractivity contribution in [2.75, 3.05) is 6.61 Å². The molecule has 0 saturated carbocycles. The minimum Gasteiger partial charge on any atom is -0.394 e. The Morgan fingerprint density at radius 3 is 2.09 bits per heavy atom. The average molecular weight is 295 g/mol. The van der Waals surface area contributed by atoms with Gasteiger partial charge in [0.05, 0.1) is 12.6 Å². The number of carbonyl (C=O) groups is 1. The molecule has 0 aliphatic heterocycles. The van der Waals surface area contributed by atoms with Gasteiger partial charge in [-0.05, 0) is 11.1 Å². The Labute approximate surface area is 131 Å². The third-order valence-electron chi connectivity index (χ3n) is 3.64. The lowest BCUT2D eigenvalue weighted by Gasteiger charge is -2.19. The molecule has 22 heavy (non-hydrogen) atoms. The minimum absolute atomic E-state index is 0.0312.